The van der Waals surface area contributed by atoms with Crippen molar-refractivity contribution in [3.05, 3.63) is 21.9 Å². The van der Waals surface area contributed by atoms with Crippen molar-refractivity contribution in [2.24, 2.45) is 10.9 Å². The van der Waals surface area contributed by atoms with Gasteiger partial charge in [-0.1, -0.05) is 6.92 Å². The van der Waals surface area contributed by atoms with Gasteiger partial charge in [-0.2, -0.15) is 0 Å². The Morgan fingerprint density at radius 1 is 1.45 bits per heavy atom. The van der Waals surface area contributed by atoms with E-state index >= 15 is 0 Å². The molecule has 1 rings (SSSR count). The molecule has 7 heteroatoms. The van der Waals surface area contributed by atoms with E-state index in [1.807, 2.05) is 6.92 Å². The van der Waals surface area contributed by atoms with E-state index in [1.54, 1.807) is 18.4 Å². The molecule has 0 aromatic carbocycles. The number of rotatable bonds is 5. The van der Waals surface area contributed by atoms with Gasteiger partial charge in [0.1, 0.15) is 0 Å². The zero-order chi connectivity index (χ0) is 14.3. The molecule has 0 aliphatic rings. The number of halogens is 1. The molecule has 0 fully saturated rings. The molecule has 0 aliphatic heterocycles. The Labute approximate surface area is 141 Å². The van der Waals surface area contributed by atoms with Crippen molar-refractivity contribution >= 4 is 47.2 Å². The van der Waals surface area contributed by atoms with Gasteiger partial charge in [-0.15, -0.1) is 35.3 Å². The Morgan fingerprint density at radius 3 is 2.65 bits per heavy atom. The number of hydrogen-bond acceptors (Lipinski definition) is 4. The zero-order valence-electron chi connectivity index (χ0n) is 12.2. The van der Waals surface area contributed by atoms with E-state index in [0.29, 0.717) is 12.5 Å². The van der Waals surface area contributed by atoms with Crippen molar-refractivity contribution < 1.29 is 9.53 Å². The SMILES string of the molecule is CN=C(NCc1ccc(C)s1)NCC(C)C(=O)OC.I. The predicted molar refractivity (Wildman–Crippen MR) is 93.9 cm³/mol. The third kappa shape index (κ3) is 6.56. The first-order valence-electron chi connectivity index (χ1n) is 6.14. The van der Waals surface area contributed by atoms with Crippen molar-refractivity contribution in [3.63, 3.8) is 0 Å². The van der Waals surface area contributed by atoms with Crippen molar-refractivity contribution in [2.75, 3.05) is 20.7 Å². The summed E-state index contributed by atoms with van der Waals surface area (Å²) in [5.74, 6) is 0.256. The molecular weight excluding hydrogens is 389 g/mol. The topological polar surface area (TPSA) is 62.7 Å². The van der Waals surface area contributed by atoms with Gasteiger partial charge in [0.15, 0.2) is 5.96 Å². The van der Waals surface area contributed by atoms with E-state index in [-0.39, 0.29) is 35.9 Å². The number of aryl methyl sites for hydroxylation is 1. The highest BCUT2D eigenvalue weighted by Gasteiger charge is 2.13. The molecule has 0 spiro atoms. The summed E-state index contributed by atoms with van der Waals surface area (Å²) in [7, 11) is 3.10. The molecule has 114 valence electrons. The highest BCUT2D eigenvalue weighted by molar-refractivity contribution is 14.0. The van der Waals surface area contributed by atoms with Gasteiger partial charge in [0.25, 0.3) is 0 Å². The van der Waals surface area contributed by atoms with Gasteiger partial charge in [-0.3, -0.25) is 9.79 Å². The fraction of sp³-hybridized carbons (Fsp3) is 0.538. The highest BCUT2D eigenvalue weighted by Crippen LogP contribution is 2.14. The molecule has 1 unspecified atom stereocenters. The minimum absolute atomic E-state index is 0. The summed E-state index contributed by atoms with van der Waals surface area (Å²) < 4.78 is 4.67. The van der Waals surface area contributed by atoms with Crippen LogP contribution >= 0.6 is 35.3 Å². The van der Waals surface area contributed by atoms with Crippen LogP contribution in [0.2, 0.25) is 0 Å². The van der Waals surface area contributed by atoms with Crippen LogP contribution in [0.1, 0.15) is 16.7 Å². The van der Waals surface area contributed by atoms with E-state index in [1.165, 1.54) is 16.9 Å². The minimum Gasteiger partial charge on any atom is -0.469 e. The van der Waals surface area contributed by atoms with E-state index in [9.17, 15) is 4.79 Å². The molecule has 0 amide bonds. The van der Waals surface area contributed by atoms with E-state index < -0.39 is 0 Å². The molecule has 0 radical (unpaired) electrons. The Balaban J connectivity index is 0.00000361. The number of esters is 1. The second-order valence-electron chi connectivity index (χ2n) is 4.24. The number of ether oxygens (including phenoxy) is 1. The largest absolute Gasteiger partial charge is 0.469 e. The maximum Gasteiger partial charge on any atom is 0.310 e. The fourth-order valence-corrected chi connectivity index (χ4v) is 2.34. The molecule has 2 N–H and O–H groups in total. The van der Waals surface area contributed by atoms with E-state index in [0.717, 1.165) is 6.54 Å². The van der Waals surface area contributed by atoms with Crippen molar-refractivity contribution in [2.45, 2.75) is 20.4 Å². The average molecular weight is 411 g/mol. The Morgan fingerprint density at radius 2 is 2.15 bits per heavy atom. The first-order chi connectivity index (χ1) is 9.06. The number of carbonyl (C=O) groups excluding carboxylic acids is 1. The van der Waals surface area contributed by atoms with Gasteiger partial charge < -0.3 is 15.4 Å². The molecule has 1 heterocycles. The van der Waals surface area contributed by atoms with Crippen LogP contribution in [0.4, 0.5) is 0 Å². The van der Waals surface area contributed by atoms with Gasteiger partial charge in [0, 0.05) is 23.3 Å². The fourth-order valence-electron chi connectivity index (χ4n) is 1.51. The van der Waals surface area contributed by atoms with Gasteiger partial charge in [0.05, 0.1) is 19.6 Å². The lowest BCUT2D eigenvalue weighted by Gasteiger charge is -2.14. The Kier molecular flexibility index (Phi) is 9.56. The van der Waals surface area contributed by atoms with Crippen LogP contribution in [-0.2, 0) is 16.1 Å². The summed E-state index contributed by atoms with van der Waals surface area (Å²) in [6.45, 7) is 5.12. The van der Waals surface area contributed by atoms with Gasteiger partial charge in [0.2, 0.25) is 0 Å². The van der Waals surface area contributed by atoms with Gasteiger partial charge in [-0.25, -0.2) is 0 Å². The van der Waals surface area contributed by atoms with E-state index in [4.69, 9.17) is 0 Å². The number of nitrogens with zero attached hydrogens (tertiary/aromatic N) is 1. The number of guanidine groups is 1. The summed E-state index contributed by atoms with van der Waals surface area (Å²) >= 11 is 1.75. The number of nitrogens with one attached hydrogen (secondary N) is 2. The number of thiophene rings is 1. The molecule has 1 aromatic heterocycles. The van der Waals surface area contributed by atoms with Crippen LogP contribution in [0.15, 0.2) is 17.1 Å². The average Bonchev–Trinajstić information content (AvgIpc) is 2.83. The molecule has 0 saturated heterocycles. The van der Waals surface area contributed by atoms with Gasteiger partial charge >= 0.3 is 5.97 Å². The van der Waals surface area contributed by atoms with Gasteiger partial charge in [-0.05, 0) is 19.1 Å². The lowest BCUT2D eigenvalue weighted by Crippen LogP contribution is -2.40. The third-order valence-corrected chi connectivity index (χ3v) is 3.63. The first-order valence-corrected chi connectivity index (χ1v) is 6.96. The smallest absolute Gasteiger partial charge is 0.310 e. The number of methoxy groups -OCH3 is 1. The zero-order valence-corrected chi connectivity index (χ0v) is 15.4. The Bertz CT molecular complexity index is 449. The molecular formula is C13H22IN3O2S. The van der Waals surface area contributed by atoms with Crippen LogP contribution in [0.3, 0.4) is 0 Å². The minimum atomic E-state index is -0.225. The van der Waals surface area contributed by atoms with Crippen LogP contribution in [0.5, 0.6) is 0 Å². The van der Waals surface area contributed by atoms with E-state index in [2.05, 4.69) is 39.4 Å². The highest BCUT2D eigenvalue weighted by atomic mass is 127. The second kappa shape index (κ2) is 9.98. The van der Waals surface area contributed by atoms with Crippen LogP contribution in [0, 0.1) is 12.8 Å². The molecule has 0 saturated carbocycles. The summed E-state index contributed by atoms with van der Waals surface area (Å²) in [5.41, 5.74) is 0. The third-order valence-electron chi connectivity index (χ3n) is 2.63. The summed E-state index contributed by atoms with van der Waals surface area (Å²) in [6.07, 6.45) is 0. The summed E-state index contributed by atoms with van der Waals surface area (Å²) in [5, 5.41) is 6.31. The molecule has 1 atom stereocenters. The number of carbonyl (C=O) groups is 1. The normalized spacial score (nSPS) is 12.3. The standard InChI is InChI=1S/C13H21N3O2S.HI/c1-9(12(17)18-4)7-15-13(14-3)16-8-11-6-5-10(2)19-11;/h5-6,9H,7-8H2,1-4H3,(H2,14,15,16);1H. The summed E-state index contributed by atoms with van der Waals surface area (Å²) in [4.78, 5) is 17.9. The maximum absolute atomic E-state index is 11.3. The maximum atomic E-state index is 11.3. The number of aliphatic imine (C=N–C) groups is 1. The van der Waals surface area contributed by atoms with Crippen molar-refractivity contribution in [1.29, 1.82) is 0 Å². The molecule has 5 nitrogen and oxygen atoms in total. The predicted octanol–water partition coefficient (Wildman–Crippen LogP) is 2.15. The monoisotopic (exact) mass is 411 g/mol. The second-order valence-corrected chi connectivity index (χ2v) is 5.62. The van der Waals surface area contributed by atoms with Crippen LogP contribution in [-0.4, -0.2) is 32.6 Å². The quantitative estimate of drug-likeness (QED) is 0.338. The van der Waals surface area contributed by atoms with Crippen molar-refractivity contribution in [1.82, 2.24) is 10.6 Å². The van der Waals surface area contributed by atoms with Crippen LogP contribution < -0.4 is 10.6 Å². The molecule has 0 bridgehead atoms. The molecule has 0 aliphatic carbocycles. The lowest BCUT2D eigenvalue weighted by atomic mass is 10.2. The Hall–Kier alpha value is -0.830. The molecule has 20 heavy (non-hydrogen) atoms. The molecule has 1 aromatic rings. The van der Waals surface area contributed by atoms with Crippen molar-refractivity contribution in [3.8, 4) is 0 Å². The lowest BCUT2D eigenvalue weighted by molar-refractivity contribution is -0.144. The van der Waals surface area contributed by atoms with Crippen LogP contribution in [0.25, 0.3) is 0 Å². The summed E-state index contributed by atoms with van der Waals surface area (Å²) in [6, 6.07) is 4.19. The first kappa shape index (κ1) is 19.2. The number of hydrogen-bond donors (Lipinski definition) is 2.